The molecule has 0 aromatic heterocycles. The average Bonchev–Trinajstić information content (AvgIpc) is 2.91. The second-order valence-corrected chi connectivity index (χ2v) is 4.48. The summed E-state index contributed by atoms with van der Waals surface area (Å²) in [5, 5.41) is 3.28. The summed E-state index contributed by atoms with van der Waals surface area (Å²) >= 11 is 0. The normalized spacial score (nSPS) is 22.6. The lowest BCUT2D eigenvalue weighted by Gasteiger charge is -2.25. The number of hydrogen-bond acceptors (Lipinski definition) is 3. The van der Waals surface area contributed by atoms with Crippen LogP contribution >= 0.6 is 0 Å². The smallest absolute Gasteiger partial charge is 0.214 e. The maximum Gasteiger partial charge on any atom is 0.214 e. The fourth-order valence-electron chi connectivity index (χ4n) is 2.40. The van der Waals surface area contributed by atoms with E-state index in [4.69, 9.17) is 4.74 Å². The van der Waals surface area contributed by atoms with Gasteiger partial charge in [-0.25, -0.2) is 0 Å². The Morgan fingerprint density at radius 1 is 1.29 bits per heavy atom. The van der Waals surface area contributed by atoms with Gasteiger partial charge in [-0.3, -0.25) is 4.79 Å². The highest BCUT2D eigenvalue weighted by atomic mass is 16.5. The van der Waals surface area contributed by atoms with Gasteiger partial charge in [0.25, 0.3) is 0 Å². The number of Topliss-reactive ketones (excluding diaryl/α,β-unsaturated/α-hetero) is 1. The molecule has 1 N–H and O–H groups in total. The quantitative estimate of drug-likeness (QED) is 0.836. The molecule has 0 radical (unpaired) electrons. The molecule has 0 bridgehead atoms. The van der Waals surface area contributed by atoms with E-state index < -0.39 is 0 Å². The van der Waals surface area contributed by atoms with E-state index in [9.17, 15) is 4.79 Å². The Kier molecular flexibility index (Phi) is 2.69. The predicted molar refractivity (Wildman–Crippen MR) is 64.4 cm³/mol. The van der Waals surface area contributed by atoms with Crippen molar-refractivity contribution in [3.63, 3.8) is 0 Å². The Bertz CT molecular complexity index is 479. The average molecular weight is 229 g/mol. The molecule has 2 aliphatic heterocycles. The van der Waals surface area contributed by atoms with Gasteiger partial charge in [-0.1, -0.05) is 24.3 Å². The molecule has 1 aromatic rings. The van der Waals surface area contributed by atoms with Crippen LogP contribution in [0, 0.1) is 0 Å². The van der Waals surface area contributed by atoms with Gasteiger partial charge in [0.15, 0.2) is 5.76 Å². The van der Waals surface area contributed by atoms with Crippen LogP contribution in [0.1, 0.15) is 17.5 Å². The number of fused-ring (bicyclic) bond motifs is 1. The first-order chi connectivity index (χ1) is 8.34. The molecule has 3 heteroatoms. The van der Waals surface area contributed by atoms with E-state index in [1.807, 2.05) is 18.2 Å². The predicted octanol–water partition coefficient (Wildman–Crippen LogP) is 1.57. The molecule has 2 aliphatic rings. The van der Waals surface area contributed by atoms with E-state index in [2.05, 4.69) is 17.4 Å². The van der Waals surface area contributed by atoms with Crippen molar-refractivity contribution in [1.29, 1.82) is 0 Å². The van der Waals surface area contributed by atoms with Gasteiger partial charge >= 0.3 is 0 Å². The van der Waals surface area contributed by atoms with Crippen LogP contribution < -0.4 is 5.32 Å². The summed E-state index contributed by atoms with van der Waals surface area (Å²) in [5.41, 5.74) is 2.56. The van der Waals surface area contributed by atoms with Crippen LogP contribution in [0.5, 0.6) is 0 Å². The Hall–Kier alpha value is -1.61. The molecular weight excluding hydrogens is 214 g/mol. The SMILES string of the molecule is O=C(C1=CCCO1)C1Cc2ccccc2CN1. The minimum Gasteiger partial charge on any atom is -0.490 e. The van der Waals surface area contributed by atoms with Gasteiger partial charge in [0.05, 0.1) is 12.6 Å². The van der Waals surface area contributed by atoms with Crippen molar-refractivity contribution in [3.05, 3.63) is 47.2 Å². The van der Waals surface area contributed by atoms with Crippen molar-refractivity contribution in [1.82, 2.24) is 5.32 Å². The molecule has 88 valence electrons. The zero-order valence-electron chi connectivity index (χ0n) is 9.61. The molecule has 0 amide bonds. The number of ketones is 1. The maximum atomic E-state index is 12.2. The molecule has 0 saturated carbocycles. The highest BCUT2D eigenvalue weighted by Gasteiger charge is 2.28. The van der Waals surface area contributed by atoms with Crippen molar-refractivity contribution in [3.8, 4) is 0 Å². The fraction of sp³-hybridized carbons (Fsp3) is 0.357. The van der Waals surface area contributed by atoms with Crippen LogP contribution in [0.25, 0.3) is 0 Å². The van der Waals surface area contributed by atoms with E-state index >= 15 is 0 Å². The van der Waals surface area contributed by atoms with E-state index in [0.29, 0.717) is 12.4 Å². The lowest BCUT2D eigenvalue weighted by atomic mass is 9.93. The maximum absolute atomic E-state index is 12.2. The van der Waals surface area contributed by atoms with Crippen LogP contribution in [0.4, 0.5) is 0 Å². The van der Waals surface area contributed by atoms with Crippen molar-refractivity contribution >= 4 is 5.78 Å². The molecule has 0 saturated heterocycles. The Balaban J connectivity index is 1.77. The molecule has 0 fully saturated rings. The third kappa shape index (κ3) is 1.98. The van der Waals surface area contributed by atoms with Crippen LogP contribution in [0.2, 0.25) is 0 Å². The molecule has 0 spiro atoms. The Morgan fingerprint density at radius 3 is 2.88 bits per heavy atom. The first-order valence-electron chi connectivity index (χ1n) is 6.02. The number of benzene rings is 1. The van der Waals surface area contributed by atoms with Gasteiger partial charge in [0, 0.05) is 13.0 Å². The third-order valence-corrected chi connectivity index (χ3v) is 3.35. The number of nitrogens with one attached hydrogen (secondary N) is 1. The van der Waals surface area contributed by atoms with E-state index in [1.165, 1.54) is 11.1 Å². The van der Waals surface area contributed by atoms with Crippen LogP contribution in [-0.2, 0) is 22.5 Å². The molecule has 1 unspecified atom stereocenters. The Labute approximate surface area is 100 Å². The monoisotopic (exact) mass is 229 g/mol. The summed E-state index contributed by atoms with van der Waals surface area (Å²) in [4.78, 5) is 12.2. The van der Waals surface area contributed by atoms with Crippen LogP contribution in [0.3, 0.4) is 0 Å². The number of hydrogen-bond donors (Lipinski definition) is 1. The number of rotatable bonds is 2. The highest BCUT2D eigenvalue weighted by molar-refractivity contribution is 5.98. The molecule has 0 aliphatic carbocycles. The van der Waals surface area contributed by atoms with Gasteiger partial charge < -0.3 is 10.1 Å². The first kappa shape index (κ1) is 10.5. The van der Waals surface area contributed by atoms with Crippen molar-refractivity contribution in [2.24, 2.45) is 0 Å². The summed E-state index contributed by atoms with van der Waals surface area (Å²) in [6.45, 7) is 1.41. The van der Waals surface area contributed by atoms with Gasteiger partial charge in [-0.2, -0.15) is 0 Å². The first-order valence-corrected chi connectivity index (χ1v) is 6.02. The van der Waals surface area contributed by atoms with Gasteiger partial charge in [0.2, 0.25) is 5.78 Å². The van der Waals surface area contributed by atoms with Crippen LogP contribution in [0.15, 0.2) is 36.1 Å². The summed E-state index contributed by atoms with van der Waals surface area (Å²) in [6, 6.07) is 8.13. The number of carbonyl (C=O) groups excluding carboxylic acids is 1. The molecule has 2 heterocycles. The van der Waals surface area contributed by atoms with Gasteiger partial charge in [-0.05, 0) is 23.6 Å². The topological polar surface area (TPSA) is 38.3 Å². The summed E-state index contributed by atoms with van der Waals surface area (Å²) in [6.07, 6.45) is 3.50. The molecule has 17 heavy (non-hydrogen) atoms. The van der Waals surface area contributed by atoms with Crippen molar-refractivity contribution < 1.29 is 9.53 Å². The van der Waals surface area contributed by atoms with Gasteiger partial charge in [-0.15, -0.1) is 0 Å². The molecule has 3 nitrogen and oxygen atoms in total. The summed E-state index contributed by atoms with van der Waals surface area (Å²) < 4.78 is 5.33. The zero-order valence-corrected chi connectivity index (χ0v) is 9.61. The van der Waals surface area contributed by atoms with Crippen molar-refractivity contribution in [2.45, 2.75) is 25.4 Å². The van der Waals surface area contributed by atoms with Gasteiger partial charge in [0.1, 0.15) is 0 Å². The largest absolute Gasteiger partial charge is 0.490 e. The number of ether oxygens (including phenoxy) is 1. The van der Waals surface area contributed by atoms with E-state index in [0.717, 1.165) is 19.4 Å². The second kappa shape index (κ2) is 4.34. The molecular formula is C14H15NO2. The van der Waals surface area contributed by atoms with E-state index in [1.54, 1.807) is 0 Å². The Morgan fingerprint density at radius 2 is 2.12 bits per heavy atom. The van der Waals surface area contributed by atoms with E-state index in [-0.39, 0.29) is 11.8 Å². The molecule has 1 aromatic carbocycles. The summed E-state index contributed by atoms with van der Waals surface area (Å²) in [7, 11) is 0. The lowest BCUT2D eigenvalue weighted by molar-refractivity contribution is -0.120. The minimum atomic E-state index is -0.130. The standard InChI is InChI=1S/C14H15NO2/c16-14(13-6-3-7-17-13)12-8-10-4-1-2-5-11(10)9-15-12/h1-2,4-6,12,15H,3,7-9H2. The number of carbonyl (C=O) groups is 1. The third-order valence-electron chi connectivity index (χ3n) is 3.35. The zero-order chi connectivity index (χ0) is 11.7. The van der Waals surface area contributed by atoms with Crippen LogP contribution in [-0.4, -0.2) is 18.4 Å². The minimum absolute atomic E-state index is 0.0944. The fourth-order valence-corrected chi connectivity index (χ4v) is 2.40. The molecule has 1 atom stereocenters. The second-order valence-electron chi connectivity index (χ2n) is 4.48. The lowest BCUT2D eigenvalue weighted by Crippen LogP contribution is -2.42. The summed E-state index contributed by atoms with van der Waals surface area (Å²) in [5.74, 6) is 0.638. The highest BCUT2D eigenvalue weighted by Crippen LogP contribution is 2.20. The molecule has 3 rings (SSSR count). The van der Waals surface area contributed by atoms with Crippen molar-refractivity contribution in [2.75, 3.05) is 6.61 Å².